The van der Waals surface area contributed by atoms with Crippen molar-refractivity contribution in [1.82, 2.24) is 0 Å². The predicted octanol–water partition coefficient (Wildman–Crippen LogP) is 2.62. The highest BCUT2D eigenvalue weighted by atomic mass is 16.6. The summed E-state index contributed by atoms with van der Waals surface area (Å²) in [5, 5.41) is 0. The lowest BCUT2D eigenvalue weighted by Gasteiger charge is -2.18. The number of ether oxygens (including phenoxy) is 2. The molecule has 0 spiro atoms. The summed E-state index contributed by atoms with van der Waals surface area (Å²) >= 11 is 0. The summed E-state index contributed by atoms with van der Waals surface area (Å²) in [7, 11) is 0. The molecule has 0 amide bonds. The third kappa shape index (κ3) is 2.99. The largest absolute Gasteiger partial charge is 0.486 e. The zero-order valence-electron chi connectivity index (χ0n) is 10.4. The molecular weight excluding hydrogens is 216 g/mol. The van der Waals surface area contributed by atoms with Gasteiger partial charge in [-0.2, -0.15) is 0 Å². The number of aryl methyl sites for hydroxylation is 1. The van der Waals surface area contributed by atoms with Gasteiger partial charge in [-0.1, -0.05) is 19.9 Å². The van der Waals surface area contributed by atoms with E-state index in [0.29, 0.717) is 25.4 Å². The molecule has 0 fully saturated rings. The van der Waals surface area contributed by atoms with Crippen LogP contribution in [0.2, 0.25) is 0 Å². The van der Waals surface area contributed by atoms with Crippen molar-refractivity contribution < 1.29 is 14.3 Å². The zero-order valence-corrected chi connectivity index (χ0v) is 10.4. The number of hydrogen-bond acceptors (Lipinski definition) is 3. The Hall–Kier alpha value is -1.51. The molecule has 17 heavy (non-hydrogen) atoms. The lowest BCUT2D eigenvalue weighted by atomic mass is 10.0. The molecule has 3 nitrogen and oxygen atoms in total. The second kappa shape index (κ2) is 5.21. The molecular formula is C14H18O3. The Morgan fingerprint density at radius 2 is 1.94 bits per heavy atom. The molecule has 0 atom stereocenters. The van der Waals surface area contributed by atoms with Crippen molar-refractivity contribution in [2.75, 3.05) is 13.2 Å². The van der Waals surface area contributed by atoms with Crippen molar-refractivity contribution in [3.8, 4) is 11.5 Å². The van der Waals surface area contributed by atoms with E-state index in [1.807, 2.05) is 32.0 Å². The van der Waals surface area contributed by atoms with Gasteiger partial charge in [-0.15, -0.1) is 0 Å². The third-order valence-electron chi connectivity index (χ3n) is 2.91. The summed E-state index contributed by atoms with van der Waals surface area (Å²) < 4.78 is 11.0. The van der Waals surface area contributed by atoms with Crippen LogP contribution in [0.4, 0.5) is 0 Å². The van der Waals surface area contributed by atoms with E-state index in [1.165, 1.54) is 0 Å². The molecule has 0 aromatic heterocycles. The van der Waals surface area contributed by atoms with Gasteiger partial charge >= 0.3 is 0 Å². The first kappa shape index (κ1) is 12.0. The predicted molar refractivity (Wildman–Crippen MR) is 65.6 cm³/mol. The molecule has 0 saturated heterocycles. The maximum Gasteiger partial charge on any atom is 0.161 e. The van der Waals surface area contributed by atoms with E-state index in [9.17, 15) is 4.79 Å². The molecule has 0 radical (unpaired) electrons. The SMILES string of the molecule is CC(C)C(=O)CCc1ccc2c(c1)OCCO2. The summed E-state index contributed by atoms with van der Waals surface area (Å²) in [5.41, 5.74) is 1.13. The zero-order chi connectivity index (χ0) is 12.3. The summed E-state index contributed by atoms with van der Waals surface area (Å²) in [6.45, 7) is 5.08. The second-order valence-corrected chi connectivity index (χ2v) is 4.60. The highest BCUT2D eigenvalue weighted by Crippen LogP contribution is 2.31. The lowest BCUT2D eigenvalue weighted by molar-refractivity contribution is -0.121. The number of Topliss-reactive ketones (excluding diaryl/α,β-unsaturated/α-hetero) is 1. The smallest absolute Gasteiger partial charge is 0.161 e. The van der Waals surface area contributed by atoms with Crippen LogP contribution >= 0.6 is 0 Å². The number of carbonyl (C=O) groups is 1. The van der Waals surface area contributed by atoms with Crippen LogP contribution in [0.1, 0.15) is 25.8 Å². The van der Waals surface area contributed by atoms with E-state index in [4.69, 9.17) is 9.47 Å². The molecule has 1 aromatic carbocycles. The van der Waals surface area contributed by atoms with Crippen LogP contribution in [-0.2, 0) is 11.2 Å². The molecule has 0 bridgehead atoms. The fraction of sp³-hybridized carbons (Fsp3) is 0.500. The molecule has 0 unspecified atom stereocenters. The molecule has 1 aromatic rings. The number of fused-ring (bicyclic) bond motifs is 1. The molecule has 0 aliphatic carbocycles. The van der Waals surface area contributed by atoms with Gasteiger partial charge < -0.3 is 9.47 Å². The number of ketones is 1. The number of benzene rings is 1. The van der Waals surface area contributed by atoms with Gasteiger partial charge in [-0.3, -0.25) is 4.79 Å². The van der Waals surface area contributed by atoms with E-state index >= 15 is 0 Å². The van der Waals surface area contributed by atoms with Gasteiger partial charge in [0.05, 0.1) is 0 Å². The van der Waals surface area contributed by atoms with Gasteiger partial charge in [0.2, 0.25) is 0 Å². The quantitative estimate of drug-likeness (QED) is 0.803. The van der Waals surface area contributed by atoms with Crippen molar-refractivity contribution in [3.63, 3.8) is 0 Å². The van der Waals surface area contributed by atoms with E-state index in [1.54, 1.807) is 0 Å². The van der Waals surface area contributed by atoms with Crippen LogP contribution in [-0.4, -0.2) is 19.0 Å². The highest BCUT2D eigenvalue weighted by Gasteiger charge is 2.12. The minimum Gasteiger partial charge on any atom is -0.486 e. The average Bonchev–Trinajstić information content (AvgIpc) is 2.35. The molecule has 92 valence electrons. The Morgan fingerprint density at radius 1 is 1.24 bits per heavy atom. The van der Waals surface area contributed by atoms with Crippen molar-refractivity contribution in [3.05, 3.63) is 23.8 Å². The van der Waals surface area contributed by atoms with Crippen LogP contribution in [0.25, 0.3) is 0 Å². The first-order valence-corrected chi connectivity index (χ1v) is 6.08. The Labute approximate surface area is 102 Å². The fourth-order valence-corrected chi connectivity index (χ4v) is 1.80. The Balaban J connectivity index is 2.00. The van der Waals surface area contributed by atoms with Gasteiger partial charge in [0.1, 0.15) is 19.0 Å². The minimum atomic E-state index is 0.118. The minimum absolute atomic E-state index is 0.118. The van der Waals surface area contributed by atoms with Crippen molar-refractivity contribution in [1.29, 1.82) is 0 Å². The summed E-state index contributed by atoms with van der Waals surface area (Å²) in [6.07, 6.45) is 1.37. The standard InChI is InChI=1S/C14H18O3/c1-10(2)12(15)5-3-11-4-6-13-14(9-11)17-8-7-16-13/h4,6,9-10H,3,5,7-8H2,1-2H3. The Kier molecular flexibility index (Phi) is 3.67. The Bertz CT molecular complexity index is 410. The van der Waals surface area contributed by atoms with Crippen LogP contribution in [0.5, 0.6) is 11.5 Å². The van der Waals surface area contributed by atoms with Gasteiger partial charge in [0.15, 0.2) is 11.5 Å². The van der Waals surface area contributed by atoms with Gasteiger partial charge in [-0.25, -0.2) is 0 Å². The molecule has 0 saturated carbocycles. The molecule has 0 N–H and O–H groups in total. The van der Waals surface area contributed by atoms with Crippen molar-refractivity contribution >= 4 is 5.78 Å². The fourth-order valence-electron chi connectivity index (χ4n) is 1.80. The van der Waals surface area contributed by atoms with Crippen molar-refractivity contribution in [2.24, 2.45) is 5.92 Å². The molecule has 1 aliphatic heterocycles. The molecule has 1 heterocycles. The van der Waals surface area contributed by atoms with E-state index in [0.717, 1.165) is 23.5 Å². The second-order valence-electron chi connectivity index (χ2n) is 4.60. The average molecular weight is 234 g/mol. The normalized spacial score (nSPS) is 13.8. The molecule has 1 aliphatic rings. The number of rotatable bonds is 4. The van der Waals surface area contributed by atoms with Gasteiger partial charge in [-0.05, 0) is 24.1 Å². The summed E-state index contributed by atoms with van der Waals surface area (Å²) in [6, 6.07) is 5.90. The van der Waals surface area contributed by atoms with Crippen molar-refractivity contribution in [2.45, 2.75) is 26.7 Å². The number of hydrogen-bond donors (Lipinski definition) is 0. The molecule has 3 heteroatoms. The topological polar surface area (TPSA) is 35.5 Å². The lowest BCUT2D eigenvalue weighted by Crippen LogP contribution is -2.15. The van der Waals surface area contributed by atoms with E-state index in [-0.39, 0.29) is 5.92 Å². The summed E-state index contributed by atoms with van der Waals surface area (Å²) in [5.74, 6) is 2.02. The van der Waals surface area contributed by atoms with Crippen LogP contribution in [0.3, 0.4) is 0 Å². The maximum atomic E-state index is 11.5. The maximum absolute atomic E-state index is 11.5. The number of carbonyl (C=O) groups excluding carboxylic acids is 1. The highest BCUT2D eigenvalue weighted by molar-refractivity contribution is 5.80. The monoisotopic (exact) mass is 234 g/mol. The first-order valence-electron chi connectivity index (χ1n) is 6.08. The summed E-state index contributed by atoms with van der Waals surface area (Å²) in [4.78, 5) is 11.5. The van der Waals surface area contributed by atoms with Crippen LogP contribution < -0.4 is 9.47 Å². The van der Waals surface area contributed by atoms with Crippen LogP contribution in [0.15, 0.2) is 18.2 Å². The Morgan fingerprint density at radius 3 is 2.65 bits per heavy atom. The first-order chi connectivity index (χ1) is 8.16. The molecule has 2 rings (SSSR count). The van der Waals surface area contributed by atoms with E-state index < -0.39 is 0 Å². The third-order valence-corrected chi connectivity index (χ3v) is 2.91. The van der Waals surface area contributed by atoms with Gasteiger partial charge in [0.25, 0.3) is 0 Å². The van der Waals surface area contributed by atoms with Crippen LogP contribution in [0, 0.1) is 5.92 Å². The van der Waals surface area contributed by atoms with Gasteiger partial charge in [0, 0.05) is 12.3 Å². The van der Waals surface area contributed by atoms with E-state index in [2.05, 4.69) is 0 Å².